The maximum absolute atomic E-state index is 9.55. The van der Waals surface area contributed by atoms with Crippen molar-refractivity contribution in [2.75, 3.05) is 12.0 Å². The smallest absolute Gasteiger partial charge is 0.196 e. The number of hydrogen-bond acceptors (Lipinski definition) is 6. The van der Waals surface area contributed by atoms with Gasteiger partial charge in [0.05, 0.1) is 18.0 Å². The normalized spacial score (nSPS) is 11.2. The number of ether oxygens (including phenoxy) is 1. The molecule has 0 atom stereocenters. The van der Waals surface area contributed by atoms with Crippen LogP contribution in [0.3, 0.4) is 0 Å². The average Bonchev–Trinajstić information content (AvgIpc) is 3.25. The van der Waals surface area contributed by atoms with Crippen LogP contribution in [0.5, 0.6) is 5.75 Å². The van der Waals surface area contributed by atoms with Gasteiger partial charge in [0, 0.05) is 10.9 Å². The van der Waals surface area contributed by atoms with Gasteiger partial charge in [-0.05, 0) is 42.0 Å². The molecule has 0 aliphatic carbocycles. The number of fused-ring (bicyclic) bond motifs is 1. The van der Waals surface area contributed by atoms with E-state index in [1.807, 2.05) is 60.8 Å². The SMILES string of the molecule is CCOc1ccc(NN=C(C#N)c2nc(-c3cccc4ccccc34)cs2)cc1. The van der Waals surface area contributed by atoms with E-state index in [0.29, 0.717) is 11.6 Å². The van der Waals surface area contributed by atoms with Crippen molar-refractivity contribution in [3.63, 3.8) is 0 Å². The van der Waals surface area contributed by atoms with E-state index >= 15 is 0 Å². The molecule has 0 saturated carbocycles. The van der Waals surface area contributed by atoms with Crippen LogP contribution in [0, 0.1) is 11.3 Å². The molecule has 0 aliphatic heterocycles. The van der Waals surface area contributed by atoms with Crippen molar-refractivity contribution in [1.82, 2.24) is 4.98 Å². The summed E-state index contributed by atoms with van der Waals surface area (Å²) in [4.78, 5) is 4.66. The second-order valence-electron chi connectivity index (χ2n) is 6.21. The summed E-state index contributed by atoms with van der Waals surface area (Å²) in [6.45, 7) is 2.56. The van der Waals surface area contributed by atoms with E-state index in [1.165, 1.54) is 11.3 Å². The van der Waals surface area contributed by atoms with Crippen LogP contribution in [0.25, 0.3) is 22.0 Å². The van der Waals surface area contributed by atoms with E-state index in [0.717, 1.165) is 33.5 Å². The van der Waals surface area contributed by atoms with Crippen LogP contribution in [0.4, 0.5) is 5.69 Å². The van der Waals surface area contributed by atoms with E-state index in [2.05, 4.69) is 39.8 Å². The Morgan fingerprint density at radius 1 is 1.10 bits per heavy atom. The Balaban J connectivity index is 1.58. The van der Waals surface area contributed by atoms with Crippen LogP contribution in [-0.2, 0) is 0 Å². The highest BCUT2D eigenvalue weighted by atomic mass is 32.1. The first-order chi connectivity index (χ1) is 14.3. The van der Waals surface area contributed by atoms with Gasteiger partial charge in [0.25, 0.3) is 0 Å². The largest absolute Gasteiger partial charge is 0.494 e. The Bertz CT molecular complexity index is 1200. The van der Waals surface area contributed by atoms with Crippen molar-refractivity contribution in [2.24, 2.45) is 5.10 Å². The molecule has 142 valence electrons. The Hall–Kier alpha value is -3.69. The van der Waals surface area contributed by atoms with E-state index in [4.69, 9.17) is 4.74 Å². The lowest BCUT2D eigenvalue weighted by Gasteiger charge is -2.04. The Morgan fingerprint density at radius 3 is 2.69 bits per heavy atom. The fraction of sp³-hybridized carbons (Fsp3) is 0.0870. The standard InChI is InChI=1S/C23H18N4OS/c1-2-28-18-12-10-17(11-13-18)26-27-21(14-24)23-25-22(15-29-23)20-9-5-7-16-6-3-4-8-19(16)20/h3-13,15,26H,2H2,1H3. The van der Waals surface area contributed by atoms with Gasteiger partial charge in [0.15, 0.2) is 10.7 Å². The number of anilines is 1. The zero-order valence-electron chi connectivity index (χ0n) is 15.8. The molecule has 0 radical (unpaired) electrons. The van der Waals surface area contributed by atoms with Crippen molar-refractivity contribution in [3.05, 3.63) is 77.1 Å². The molecule has 1 N–H and O–H groups in total. The lowest BCUT2D eigenvalue weighted by molar-refractivity contribution is 0.340. The van der Waals surface area contributed by atoms with Crippen molar-refractivity contribution < 1.29 is 4.74 Å². The monoisotopic (exact) mass is 398 g/mol. The number of nitrogens with zero attached hydrogens (tertiary/aromatic N) is 3. The van der Waals surface area contributed by atoms with Crippen LogP contribution in [0.2, 0.25) is 0 Å². The van der Waals surface area contributed by atoms with Crippen LogP contribution in [-0.4, -0.2) is 17.3 Å². The topological polar surface area (TPSA) is 70.3 Å². The summed E-state index contributed by atoms with van der Waals surface area (Å²) in [6, 6.07) is 23.9. The van der Waals surface area contributed by atoms with Gasteiger partial charge in [0.1, 0.15) is 11.8 Å². The third kappa shape index (κ3) is 4.10. The fourth-order valence-electron chi connectivity index (χ4n) is 2.99. The molecule has 0 amide bonds. The molecule has 4 rings (SSSR count). The van der Waals surface area contributed by atoms with Gasteiger partial charge in [0.2, 0.25) is 0 Å². The van der Waals surface area contributed by atoms with Crippen LogP contribution < -0.4 is 10.2 Å². The molecule has 4 aromatic rings. The second-order valence-corrected chi connectivity index (χ2v) is 7.06. The number of rotatable bonds is 6. The summed E-state index contributed by atoms with van der Waals surface area (Å²) in [5, 5.41) is 18.6. The summed E-state index contributed by atoms with van der Waals surface area (Å²) in [6.07, 6.45) is 0. The predicted molar refractivity (Wildman–Crippen MR) is 118 cm³/mol. The van der Waals surface area contributed by atoms with Gasteiger partial charge in [-0.25, -0.2) is 4.98 Å². The van der Waals surface area contributed by atoms with Crippen LogP contribution in [0.1, 0.15) is 11.9 Å². The molecule has 0 spiro atoms. The Kier molecular flexibility index (Phi) is 5.50. The fourth-order valence-corrected chi connectivity index (χ4v) is 3.75. The molecule has 29 heavy (non-hydrogen) atoms. The van der Waals surface area contributed by atoms with Gasteiger partial charge >= 0.3 is 0 Å². The minimum atomic E-state index is 0.246. The molecule has 6 heteroatoms. The Labute approximate surface area is 172 Å². The predicted octanol–water partition coefficient (Wildman–Crippen LogP) is 5.70. The third-order valence-corrected chi connectivity index (χ3v) is 5.19. The highest BCUT2D eigenvalue weighted by Gasteiger charge is 2.12. The van der Waals surface area contributed by atoms with Crippen molar-refractivity contribution in [1.29, 1.82) is 5.26 Å². The zero-order chi connectivity index (χ0) is 20.1. The van der Waals surface area contributed by atoms with Crippen molar-refractivity contribution >= 4 is 33.5 Å². The molecule has 3 aromatic carbocycles. The lowest BCUT2D eigenvalue weighted by atomic mass is 10.0. The summed E-state index contributed by atoms with van der Waals surface area (Å²) >= 11 is 1.41. The highest BCUT2D eigenvalue weighted by Crippen LogP contribution is 2.29. The second kappa shape index (κ2) is 8.55. The molecule has 0 fully saturated rings. The number of aromatic nitrogens is 1. The zero-order valence-corrected chi connectivity index (χ0v) is 16.6. The van der Waals surface area contributed by atoms with E-state index in [-0.39, 0.29) is 5.71 Å². The maximum Gasteiger partial charge on any atom is 0.196 e. The van der Waals surface area contributed by atoms with Gasteiger partial charge in [-0.3, -0.25) is 5.43 Å². The van der Waals surface area contributed by atoms with Gasteiger partial charge in [-0.2, -0.15) is 10.4 Å². The maximum atomic E-state index is 9.55. The van der Waals surface area contributed by atoms with Gasteiger partial charge < -0.3 is 4.74 Å². The highest BCUT2D eigenvalue weighted by molar-refractivity contribution is 7.12. The number of nitrogens with one attached hydrogen (secondary N) is 1. The molecular weight excluding hydrogens is 380 g/mol. The molecule has 0 unspecified atom stereocenters. The van der Waals surface area contributed by atoms with Gasteiger partial charge in [-0.15, -0.1) is 11.3 Å². The number of benzene rings is 3. The van der Waals surface area contributed by atoms with Crippen molar-refractivity contribution in [3.8, 4) is 23.1 Å². The first-order valence-corrected chi connectivity index (χ1v) is 10.1. The summed E-state index contributed by atoms with van der Waals surface area (Å²) < 4.78 is 5.43. The summed E-state index contributed by atoms with van der Waals surface area (Å²) in [5.41, 5.74) is 5.82. The van der Waals surface area contributed by atoms with Crippen LogP contribution >= 0.6 is 11.3 Å². The molecular formula is C23H18N4OS. The molecule has 0 bridgehead atoms. The molecule has 1 aromatic heterocycles. The Morgan fingerprint density at radius 2 is 1.90 bits per heavy atom. The molecule has 1 heterocycles. The average molecular weight is 398 g/mol. The first kappa shape index (κ1) is 18.7. The molecule has 0 saturated heterocycles. The van der Waals surface area contributed by atoms with Crippen molar-refractivity contribution in [2.45, 2.75) is 6.92 Å². The van der Waals surface area contributed by atoms with E-state index < -0.39 is 0 Å². The quantitative estimate of drug-likeness (QED) is 0.334. The van der Waals surface area contributed by atoms with E-state index in [9.17, 15) is 5.26 Å². The minimum absolute atomic E-state index is 0.246. The number of thiazole rings is 1. The molecule has 0 aliphatic rings. The number of nitriles is 1. The van der Waals surface area contributed by atoms with Gasteiger partial charge in [-0.1, -0.05) is 42.5 Å². The summed E-state index contributed by atoms with van der Waals surface area (Å²) in [5.74, 6) is 0.794. The number of hydrogen-bond donors (Lipinski definition) is 1. The summed E-state index contributed by atoms with van der Waals surface area (Å²) in [7, 11) is 0. The number of hydrazone groups is 1. The first-order valence-electron chi connectivity index (χ1n) is 9.19. The third-order valence-electron chi connectivity index (χ3n) is 4.34. The minimum Gasteiger partial charge on any atom is -0.494 e. The lowest BCUT2D eigenvalue weighted by Crippen LogP contribution is -2.01. The van der Waals surface area contributed by atoms with Crippen LogP contribution in [0.15, 0.2) is 77.2 Å². The van der Waals surface area contributed by atoms with E-state index in [1.54, 1.807) is 0 Å². The molecule has 5 nitrogen and oxygen atoms in total.